The van der Waals surface area contributed by atoms with Crippen LogP contribution in [0.3, 0.4) is 0 Å². The van der Waals surface area contributed by atoms with Gasteiger partial charge < -0.3 is 14.8 Å². The molecule has 2 aromatic rings. The van der Waals surface area contributed by atoms with Gasteiger partial charge in [-0.15, -0.1) is 0 Å². The number of halogens is 1. The molecule has 2 rings (SSSR count). The molecule has 0 aliphatic rings. The zero-order valence-corrected chi connectivity index (χ0v) is 11.6. The van der Waals surface area contributed by atoms with Gasteiger partial charge >= 0.3 is 0 Å². The van der Waals surface area contributed by atoms with Gasteiger partial charge in [-0.25, -0.2) is 4.98 Å². The number of rotatable bonds is 4. The first-order valence-electron chi connectivity index (χ1n) is 5.64. The van der Waals surface area contributed by atoms with E-state index in [4.69, 9.17) is 21.1 Å². The Kier molecular flexibility index (Phi) is 4.37. The molecular formula is C13H12ClN3O3. The number of ether oxygens (including phenoxy) is 2. The first-order valence-corrected chi connectivity index (χ1v) is 6.02. The molecular weight excluding hydrogens is 282 g/mol. The zero-order valence-electron chi connectivity index (χ0n) is 10.9. The molecule has 7 heteroatoms. The number of anilines is 1. The molecule has 0 saturated heterocycles. The van der Waals surface area contributed by atoms with Gasteiger partial charge in [0.25, 0.3) is 5.91 Å². The second-order valence-electron chi connectivity index (χ2n) is 3.73. The first-order chi connectivity index (χ1) is 9.65. The van der Waals surface area contributed by atoms with Crippen molar-refractivity contribution in [3.05, 3.63) is 41.4 Å². The number of amides is 1. The molecule has 0 unspecified atom stereocenters. The summed E-state index contributed by atoms with van der Waals surface area (Å²) in [4.78, 5) is 19.8. The Hall–Kier alpha value is -2.34. The summed E-state index contributed by atoms with van der Waals surface area (Å²) in [5.41, 5.74) is 0.632. The van der Waals surface area contributed by atoms with Crippen LogP contribution in [0, 0.1) is 0 Å². The van der Waals surface area contributed by atoms with Crippen molar-refractivity contribution in [3.63, 3.8) is 0 Å². The van der Waals surface area contributed by atoms with E-state index < -0.39 is 5.91 Å². The number of aromatic nitrogens is 2. The standard InChI is InChI=1S/C13H12ClN3O3/c1-19-11-6-9(12(20-2)5-8(11)14)17-13(18)10-7-15-3-4-16-10/h3-7H,1-2H3,(H,17,18). The summed E-state index contributed by atoms with van der Waals surface area (Å²) >= 11 is 5.99. The summed E-state index contributed by atoms with van der Waals surface area (Å²) in [6.07, 6.45) is 4.30. The van der Waals surface area contributed by atoms with Crippen molar-refractivity contribution in [1.82, 2.24) is 9.97 Å². The van der Waals surface area contributed by atoms with E-state index in [1.807, 2.05) is 0 Å². The molecule has 0 saturated carbocycles. The third-order valence-corrected chi connectivity index (χ3v) is 2.81. The molecule has 0 fully saturated rings. The van der Waals surface area contributed by atoms with E-state index in [0.29, 0.717) is 22.2 Å². The fraction of sp³-hybridized carbons (Fsp3) is 0.154. The van der Waals surface area contributed by atoms with E-state index in [2.05, 4.69) is 15.3 Å². The lowest BCUT2D eigenvalue weighted by atomic mass is 10.2. The van der Waals surface area contributed by atoms with Gasteiger partial charge in [-0.2, -0.15) is 0 Å². The lowest BCUT2D eigenvalue weighted by Gasteiger charge is -2.12. The van der Waals surface area contributed by atoms with Crippen LogP contribution in [0.4, 0.5) is 5.69 Å². The Morgan fingerprint density at radius 1 is 1.20 bits per heavy atom. The van der Waals surface area contributed by atoms with Gasteiger partial charge in [0.1, 0.15) is 17.2 Å². The second-order valence-corrected chi connectivity index (χ2v) is 4.14. The van der Waals surface area contributed by atoms with Crippen LogP contribution in [0.15, 0.2) is 30.7 Å². The van der Waals surface area contributed by atoms with Gasteiger partial charge in [0.2, 0.25) is 0 Å². The van der Waals surface area contributed by atoms with Crippen LogP contribution in [-0.4, -0.2) is 30.1 Å². The summed E-state index contributed by atoms with van der Waals surface area (Å²) in [6.45, 7) is 0. The maximum absolute atomic E-state index is 12.0. The monoisotopic (exact) mass is 293 g/mol. The minimum absolute atomic E-state index is 0.198. The molecule has 0 radical (unpaired) electrons. The SMILES string of the molecule is COc1cc(NC(=O)c2cnccn2)c(OC)cc1Cl. The summed E-state index contributed by atoms with van der Waals surface area (Å²) in [5, 5.41) is 3.07. The number of benzene rings is 1. The summed E-state index contributed by atoms with van der Waals surface area (Å²) in [7, 11) is 2.97. The number of carbonyl (C=O) groups excluding carboxylic acids is 1. The van der Waals surface area contributed by atoms with Crippen LogP contribution in [0.25, 0.3) is 0 Å². The highest BCUT2D eigenvalue weighted by Gasteiger charge is 2.14. The normalized spacial score (nSPS) is 9.95. The van der Waals surface area contributed by atoms with Crippen molar-refractivity contribution in [1.29, 1.82) is 0 Å². The van der Waals surface area contributed by atoms with Crippen LogP contribution in [-0.2, 0) is 0 Å². The van der Waals surface area contributed by atoms with Crippen molar-refractivity contribution in [2.75, 3.05) is 19.5 Å². The van der Waals surface area contributed by atoms with E-state index in [9.17, 15) is 4.79 Å². The summed E-state index contributed by atoms with van der Waals surface area (Å²) < 4.78 is 10.3. The van der Waals surface area contributed by atoms with E-state index in [0.717, 1.165) is 0 Å². The van der Waals surface area contributed by atoms with Gasteiger partial charge in [-0.1, -0.05) is 11.6 Å². The maximum Gasteiger partial charge on any atom is 0.275 e. The molecule has 104 valence electrons. The Balaban J connectivity index is 2.31. The third-order valence-electron chi connectivity index (χ3n) is 2.52. The Labute approximate surface area is 120 Å². The zero-order chi connectivity index (χ0) is 14.5. The molecule has 1 heterocycles. The number of nitrogens with one attached hydrogen (secondary N) is 1. The number of methoxy groups -OCH3 is 2. The van der Waals surface area contributed by atoms with Gasteiger partial charge in [-0.3, -0.25) is 9.78 Å². The smallest absolute Gasteiger partial charge is 0.275 e. The van der Waals surface area contributed by atoms with E-state index >= 15 is 0 Å². The van der Waals surface area contributed by atoms with Crippen LogP contribution >= 0.6 is 11.6 Å². The van der Waals surface area contributed by atoms with Gasteiger partial charge in [0.15, 0.2) is 0 Å². The fourth-order valence-electron chi connectivity index (χ4n) is 1.56. The summed E-state index contributed by atoms with van der Waals surface area (Å²) in [5.74, 6) is 0.454. The average Bonchev–Trinajstić information content (AvgIpc) is 2.49. The van der Waals surface area contributed by atoms with Crippen molar-refractivity contribution < 1.29 is 14.3 Å². The third kappa shape index (κ3) is 2.97. The first kappa shape index (κ1) is 14.1. The van der Waals surface area contributed by atoms with Crippen molar-refractivity contribution in [2.45, 2.75) is 0 Å². The number of carbonyl (C=O) groups is 1. The predicted octanol–water partition coefficient (Wildman–Crippen LogP) is 2.40. The van der Waals surface area contributed by atoms with Crippen molar-refractivity contribution >= 4 is 23.2 Å². The number of hydrogen-bond acceptors (Lipinski definition) is 5. The van der Waals surface area contributed by atoms with Crippen LogP contribution in [0.5, 0.6) is 11.5 Å². The minimum Gasteiger partial charge on any atom is -0.495 e. The molecule has 6 nitrogen and oxygen atoms in total. The predicted molar refractivity (Wildman–Crippen MR) is 74.5 cm³/mol. The second kappa shape index (κ2) is 6.21. The van der Waals surface area contributed by atoms with E-state index in [1.165, 1.54) is 32.8 Å². The fourth-order valence-corrected chi connectivity index (χ4v) is 1.79. The van der Waals surface area contributed by atoms with Crippen molar-refractivity contribution in [3.8, 4) is 11.5 Å². The maximum atomic E-state index is 12.0. The van der Waals surface area contributed by atoms with Crippen molar-refractivity contribution in [2.24, 2.45) is 0 Å². The minimum atomic E-state index is -0.402. The van der Waals surface area contributed by atoms with Crippen LogP contribution in [0.1, 0.15) is 10.5 Å². The molecule has 0 aliphatic carbocycles. The van der Waals surface area contributed by atoms with Gasteiger partial charge in [-0.05, 0) is 0 Å². The topological polar surface area (TPSA) is 73.3 Å². The summed E-state index contributed by atoms with van der Waals surface area (Å²) in [6, 6.07) is 3.14. The Morgan fingerprint density at radius 2 is 1.95 bits per heavy atom. The molecule has 1 N–H and O–H groups in total. The highest BCUT2D eigenvalue weighted by atomic mass is 35.5. The molecule has 1 amide bonds. The molecule has 0 spiro atoms. The molecule has 1 aromatic heterocycles. The van der Waals surface area contributed by atoms with Crippen LogP contribution < -0.4 is 14.8 Å². The highest BCUT2D eigenvalue weighted by molar-refractivity contribution is 6.32. The molecule has 1 aromatic carbocycles. The largest absolute Gasteiger partial charge is 0.495 e. The number of nitrogens with zero attached hydrogens (tertiary/aromatic N) is 2. The van der Waals surface area contributed by atoms with E-state index in [-0.39, 0.29) is 5.69 Å². The Bertz CT molecular complexity index is 620. The molecule has 0 bridgehead atoms. The van der Waals surface area contributed by atoms with Gasteiger partial charge in [0.05, 0.1) is 31.1 Å². The lowest BCUT2D eigenvalue weighted by Crippen LogP contribution is -2.14. The Morgan fingerprint density at radius 3 is 2.55 bits per heavy atom. The van der Waals surface area contributed by atoms with Crippen LogP contribution in [0.2, 0.25) is 5.02 Å². The molecule has 0 aliphatic heterocycles. The van der Waals surface area contributed by atoms with Gasteiger partial charge in [0, 0.05) is 24.5 Å². The quantitative estimate of drug-likeness (QED) is 0.937. The number of hydrogen-bond donors (Lipinski definition) is 1. The molecule has 20 heavy (non-hydrogen) atoms. The molecule has 0 atom stereocenters. The van der Waals surface area contributed by atoms with E-state index in [1.54, 1.807) is 12.1 Å². The lowest BCUT2D eigenvalue weighted by molar-refractivity contribution is 0.102. The average molecular weight is 294 g/mol. The highest BCUT2D eigenvalue weighted by Crippen LogP contribution is 2.35.